The Bertz CT molecular complexity index is 862. The van der Waals surface area contributed by atoms with E-state index in [9.17, 15) is 18.9 Å². The van der Waals surface area contributed by atoms with Crippen LogP contribution in [0.4, 0.5) is 4.79 Å². The van der Waals surface area contributed by atoms with Gasteiger partial charge >= 0.3 is 12.1 Å². The van der Waals surface area contributed by atoms with E-state index in [2.05, 4.69) is 0 Å². The maximum Gasteiger partial charge on any atom is 0.411 e. The summed E-state index contributed by atoms with van der Waals surface area (Å²) >= 11 is 0. The lowest BCUT2D eigenvalue weighted by Gasteiger charge is -2.44. The molecule has 1 unspecified atom stereocenters. The van der Waals surface area contributed by atoms with Crippen molar-refractivity contribution in [3.8, 4) is 0 Å². The van der Waals surface area contributed by atoms with E-state index in [-0.39, 0.29) is 18.2 Å². The van der Waals surface area contributed by atoms with Crippen LogP contribution in [0.1, 0.15) is 33.6 Å². The number of ether oxygens (including phenoxy) is 2. The van der Waals surface area contributed by atoms with Gasteiger partial charge in [0.25, 0.3) is 0 Å². The van der Waals surface area contributed by atoms with E-state index < -0.39 is 40.1 Å². The van der Waals surface area contributed by atoms with E-state index in [0.717, 1.165) is 5.57 Å². The number of methoxy groups -OCH3 is 1. The Balaban J connectivity index is 1.90. The number of aliphatic hydroxyl groups excluding tert-OH is 1. The summed E-state index contributed by atoms with van der Waals surface area (Å²) in [6, 6.07) is 9.12. The lowest BCUT2D eigenvalue weighted by atomic mass is 9.72. The van der Waals surface area contributed by atoms with Gasteiger partial charge in [-0.3, -0.25) is 9.11 Å². The maximum absolute atomic E-state index is 12.9. The molecule has 1 amide bonds. The summed E-state index contributed by atoms with van der Waals surface area (Å²) in [5, 5.41) is 11.1. The van der Waals surface area contributed by atoms with E-state index in [1.54, 1.807) is 39.0 Å². The van der Waals surface area contributed by atoms with E-state index in [0.29, 0.717) is 17.7 Å². The molecule has 0 radical (unpaired) electrons. The second-order valence-corrected chi connectivity index (χ2v) is 10.2. The third-order valence-electron chi connectivity index (χ3n) is 5.57. The molecule has 4 atom stereocenters. The molecule has 0 spiro atoms. The van der Waals surface area contributed by atoms with Crippen LogP contribution in [-0.4, -0.2) is 62.9 Å². The first-order valence-corrected chi connectivity index (χ1v) is 11.3. The Morgan fingerprint density at radius 3 is 2.53 bits per heavy atom. The highest BCUT2D eigenvalue weighted by molar-refractivity contribution is 7.85. The zero-order valence-electron chi connectivity index (χ0n) is 17.8. The normalized spacial score (nSPS) is 27.1. The van der Waals surface area contributed by atoms with Gasteiger partial charge in [-0.2, -0.15) is 0 Å². The molecule has 1 aliphatic heterocycles. The van der Waals surface area contributed by atoms with Crippen LogP contribution in [0.15, 0.2) is 46.9 Å². The Morgan fingerprint density at radius 2 is 1.93 bits per heavy atom. The minimum Gasteiger partial charge on any atom is -0.467 e. The van der Waals surface area contributed by atoms with Crippen molar-refractivity contribution in [1.29, 1.82) is 0 Å². The number of benzene rings is 1. The Kier molecular flexibility index (Phi) is 6.38. The van der Waals surface area contributed by atoms with Gasteiger partial charge in [-0.25, -0.2) is 9.59 Å². The van der Waals surface area contributed by atoms with Gasteiger partial charge < -0.3 is 14.6 Å². The molecule has 1 N–H and O–H groups in total. The van der Waals surface area contributed by atoms with Crippen molar-refractivity contribution in [1.82, 2.24) is 4.90 Å². The molecular formula is C22H29NO6S. The number of amides is 1. The number of fused-ring (bicyclic) bond motifs is 1. The fraction of sp³-hybridized carbons (Fsp3) is 0.545. The zero-order chi connectivity index (χ0) is 22.1. The van der Waals surface area contributed by atoms with Gasteiger partial charge in [0.05, 0.1) is 17.9 Å². The summed E-state index contributed by atoms with van der Waals surface area (Å²) in [4.78, 5) is 27.8. The van der Waals surface area contributed by atoms with Crippen LogP contribution in [0.2, 0.25) is 0 Å². The van der Waals surface area contributed by atoms with Crippen molar-refractivity contribution in [2.24, 2.45) is 5.92 Å². The van der Waals surface area contributed by atoms with Gasteiger partial charge in [-0.1, -0.05) is 29.8 Å². The highest BCUT2D eigenvalue weighted by Crippen LogP contribution is 2.46. The van der Waals surface area contributed by atoms with Crippen molar-refractivity contribution in [3.63, 3.8) is 0 Å². The summed E-state index contributed by atoms with van der Waals surface area (Å²) in [6.07, 6.45) is 0.586. The highest BCUT2D eigenvalue weighted by Gasteiger charge is 2.63. The Hall–Kier alpha value is -2.19. The van der Waals surface area contributed by atoms with E-state index in [1.165, 1.54) is 12.0 Å². The van der Waals surface area contributed by atoms with Gasteiger partial charge in [0.15, 0.2) is 5.54 Å². The number of nitrogens with zero attached hydrogens (tertiary/aromatic N) is 1. The van der Waals surface area contributed by atoms with Crippen LogP contribution in [0, 0.1) is 5.92 Å². The summed E-state index contributed by atoms with van der Waals surface area (Å²) < 4.78 is 23.2. The number of rotatable bonds is 4. The molecule has 1 heterocycles. The first-order chi connectivity index (χ1) is 14.1. The number of aliphatic hydroxyl groups is 1. The van der Waals surface area contributed by atoms with Crippen LogP contribution < -0.4 is 0 Å². The van der Waals surface area contributed by atoms with Gasteiger partial charge in [0.1, 0.15) is 11.7 Å². The van der Waals surface area contributed by atoms with E-state index >= 15 is 0 Å². The quantitative estimate of drug-likeness (QED) is 0.577. The predicted molar refractivity (Wildman–Crippen MR) is 112 cm³/mol. The number of hydrogen-bond donors (Lipinski definition) is 1. The Morgan fingerprint density at radius 1 is 1.27 bits per heavy atom. The smallest absolute Gasteiger partial charge is 0.411 e. The van der Waals surface area contributed by atoms with Crippen molar-refractivity contribution < 1.29 is 28.4 Å². The van der Waals surface area contributed by atoms with Crippen molar-refractivity contribution in [3.05, 3.63) is 42.0 Å². The van der Waals surface area contributed by atoms with Crippen molar-refractivity contribution in [2.75, 3.05) is 19.4 Å². The fourth-order valence-corrected chi connectivity index (χ4v) is 5.53. The average Bonchev–Trinajstić information content (AvgIpc) is 3.07. The summed E-state index contributed by atoms with van der Waals surface area (Å²) in [7, 11) is -0.0153. The fourth-order valence-electron chi connectivity index (χ4n) is 4.36. The van der Waals surface area contributed by atoms with E-state index in [1.807, 2.05) is 18.2 Å². The number of carbonyl (C=O) groups excluding carboxylic acids is 2. The number of likely N-dealkylation sites (tertiary alicyclic amines) is 1. The molecular weight excluding hydrogens is 406 g/mol. The molecule has 1 aromatic carbocycles. The highest BCUT2D eigenvalue weighted by atomic mass is 32.2. The van der Waals surface area contributed by atoms with Crippen LogP contribution in [-0.2, 0) is 25.1 Å². The SMILES string of the molecule is COC(=O)[C@]12[C@@H](CCN1C(=O)OC(C)(C)C)CC(CS(=O)c1ccccc1)=C[C@H]2O. The minimum atomic E-state index is -1.53. The number of hydrogen-bond acceptors (Lipinski definition) is 6. The largest absolute Gasteiger partial charge is 0.467 e. The summed E-state index contributed by atoms with van der Waals surface area (Å²) in [5.41, 5.74) is -1.46. The number of carbonyl (C=O) groups is 2. The zero-order valence-corrected chi connectivity index (χ0v) is 18.6. The predicted octanol–water partition coefficient (Wildman–Crippen LogP) is 2.65. The molecule has 1 aromatic rings. The molecule has 0 aromatic heterocycles. The molecule has 30 heavy (non-hydrogen) atoms. The molecule has 0 bridgehead atoms. The lowest BCUT2D eigenvalue weighted by Crippen LogP contribution is -2.65. The molecule has 7 nitrogen and oxygen atoms in total. The van der Waals surface area contributed by atoms with E-state index in [4.69, 9.17) is 9.47 Å². The molecule has 164 valence electrons. The van der Waals surface area contributed by atoms with Crippen molar-refractivity contribution in [2.45, 2.75) is 55.8 Å². The standard InChI is InChI=1S/C22H29NO6S/c1-21(2,3)29-20(26)23-11-10-16-12-15(13-18(24)22(16,23)19(25)28-4)14-30(27)17-8-6-5-7-9-17/h5-9,13,16,18,24H,10-12,14H2,1-4H3/t16-,18+,22+,30?/m0/s1. The molecule has 8 heteroatoms. The second-order valence-electron chi connectivity index (χ2n) is 8.71. The monoisotopic (exact) mass is 435 g/mol. The molecule has 1 aliphatic carbocycles. The Labute approximate surface area is 179 Å². The van der Waals surface area contributed by atoms with Crippen LogP contribution >= 0.6 is 0 Å². The van der Waals surface area contributed by atoms with Gasteiger partial charge in [0.2, 0.25) is 0 Å². The minimum absolute atomic E-state index is 0.265. The maximum atomic E-state index is 12.9. The third kappa shape index (κ3) is 4.16. The number of esters is 1. The first-order valence-electron chi connectivity index (χ1n) is 9.99. The van der Waals surface area contributed by atoms with Crippen LogP contribution in [0.5, 0.6) is 0 Å². The topological polar surface area (TPSA) is 93.1 Å². The molecule has 0 saturated carbocycles. The summed E-state index contributed by atoms with van der Waals surface area (Å²) in [5.74, 6) is -0.746. The third-order valence-corrected chi connectivity index (χ3v) is 7.00. The van der Waals surface area contributed by atoms with Gasteiger partial charge in [-0.15, -0.1) is 0 Å². The lowest BCUT2D eigenvalue weighted by molar-refractivity contribution is -0.163. The van der Waals surface area contributed by atoms with Crippen molar-refractivity contribution >= 4 is 22.9 Å². The van der Waals surface area contributed by atoms with Crippen LogP contribution in [0.3, 0.4) is 0 Å². The second kappa shape index (κ2) is 8.51. The molecule has 1 fully saturated rings. The molecule has 1 saturated heterocycles. The first kappa shape index (κ1) is 22.5. The summed E-state index contributed by atoms with van der Waals surface area (Å²) in [6.45, 7) is 5.51. The molecule has 3 rings (SSSR count). The van der Waals surface area contributed by atoms with Gasteiger partial charge in [-0.05, 0) is 45.7 Å². The van der Waals surface area contributed by atoms with Crippen LogP contribution in [0.25, 0.3) is 0 Å². The average molecular weight is 436 g/mol. The van der Waals surface area contributed by atoms with Gasteiger partial charge in [0, 0.05) is 23.1 Å². The molecule has 2 aliphatic rings.